The SMILES string of the molecule is Clc1c(Br)cccc1C(Cl)Cc1cccs1. The minimum atomic E-state index is -0.0800. The molecule has 0 aliphatic rings. The van der Waals surface area contributed by atoms with Gasteiger partial charge in [-0.25, -0.2) is 0 Å². The maximum absolute atomic E-state index is 6.38. The van der Waals surface area contributed by atoms with Gasteiger partial charge in [0.25, 0.3) is 0 Å². The molecule has 0 radical (unpaired) electrons. The molecular weight excluding hydrogens is 327 g/mol. The van der Waals surface area contributed by atoms with Crippen molar-refractivity contribution in [3.05, 3.63) is 55.6 Å². The van der Waals surface area contributed by atoms with Crippen molar-refractivity contribution in [2.75, 3.05) is 0 Å². The Hall–Kier alpha value is -0.0200. The van der Waals surface area contributed by atoms with E-state index < -0.39 is 0 Å². The minimum Gasteiger partial charge on any atom is -0.149 e. The van der Waals surface area contributed by atoms with Gasteiger partial charge in [0, 0.05) is 15.8 Å². The van der Waals surface area contributed by atoms with Crippen LogP contribution in [0.15, 0.2) is 40.2 Å². The summed E-state index contributed by atoms with van der Waals surface area (Å²) in [5.74, 6) is 0. The summed E-state index contributed by atoms with van der Waals surface area (Å²) in [4.78, 5) is 1.27. The molecule has 0 nitrogen and oxygen atoms in total. The predicted molar refractivity (Wildman–Crippen MR) is 75.8 cm³/mol. The molecule has 1 heterocycles. The zero-order chi connectivity index (χ0) is 11.5. The van der Waals surface area contributed by atoms with Crippen LogP contribution in [0.25, 0.3) is 0 Å². The molecular formula is C12H9BrCl2S. The van der Waals surface area contributed by atoms with E-state index >= 15 is 0 Å². The molecule has 84 valence electrons. The van der Waals surface area contributed by atoms with Crippen molar-refractivity contribution in [3.8, 4) is 0 Å². The third-order valence-corrected chi connectivity index (χ3v) is 4.88. The summed E-state index contributed by atoms with van der Waals surface area (Å²) in [6.45, 7) is 0. The summed E-state index contributed by atoms with van der Waals surface area (Å²) in [6.07, 6.45) is 0.815. The zero-order valence-electron chi connectivity index (χ0n) is 8.29. The van der Waals surface area contributed by atoms with Crippen molar-refractivity contribution in [1.29, 1.82) is 0 Å². The number of hydrogen-bond donors (Lipinski definition) is 0. The van der Waals surface area contributed by atoms with E-state index in [1.54, 1.807) is 11.3 Å². The van der Waals surface area contributed by atoms with Gasteiger partial charge in [0.1, 0.15) is 0 Å². The van der Waals surface area contributed by atoms with Crippen LogP contribution in [0, 0.1) is 0 Å². The third kappa shape index (κ3) is 2.80. The molecule has 4 heteroatoms. The van der Waals surface area contributed by atoms with Gasteiger partial charge in [0.15, 0.2) is 0 Å². The van der Waals surface area contributed by atoms with Gasteiger partial charge in [-0.3, -0.25) is 0 Å². The fraction of sp³-hybridized carbons (Fsp3) is 0.167. The van der Waals surface area contributed by atoms with Crippen LogP contribution in [-0.4, -0.2) is 0 Å². The lowest BCUT2D eigenvalue weighted by Crippen LogP contribution is -1.95. The van der Waals surface area contributed by atoms with Crippen molar-refractivity contribution < 1.29 is 0 Å². The maximum atomic E-state index is 6.38. The van der Waals surface area contributed by atoms with Crippen LogP contribution in [0.1, 0.15) is 15.8 Å². The van der Waals surface area contributed by atoms with Gasteiger partial charge in [-0.2, -0.15) is 0 Å². The Morgan fingerprint density at radius 1 is 1.25 bits per heavy atom. The fourth-order valence-electron chi connectivity index (χ4n) is 1.48. The lowest BCUT2D eigenvalue weighted by molar-refractivity contribution is 0.937. The van der Waals surface area contributed by atoms with E-state index in [0.29, 0.717) is 5.02 Å². The monoisotopic (exact) mass is 334 g/mol. The largest absolute Gasteiger partial charge is 0.149 e. The molecule has 0 spiro atoms. The second-order valence-corrected chi connectivity index (χ2v) is 6.19. The zero-order valence-corrected chi connectivity index (χ0v) is 12.2. The van der Waals surface area contributed by atoms with E-state index in [2.05, 4.69) is 27.4 Å². The van der Waals surface area contributed by atoms with Crippen LogP contribution in [-0.2, 0) is 6.42 Å². The average molecular weight is 336 g/mol. The van der Waals surface area contributed by atoms with Crippen molar-refractivity contribution in [2.45, 2.75) is 11.8 Å². The molecule has 0 fully saturated rings. The van der Waals surface area contributed by atoms with E-state index in [4.69, 9.17) is 23.2 Å². The van der Waals surface area contributed by atoms with E-state index in [-0.39, 0.29) is 5.38 Å². The Bertz CT molecular complexity index is 468. The lowest BCUT2D eigenvalue weighted by Gasteiger charge is -2.11. The summed E-state index contributed by atoms with van der Waals surface area (Å²) in [5, 5.41) is 2.68. The van der Waals surface area contributed by atoms with Crippen molar-refractivity contribution in [3.63, 3.8) is 0 Å². The molecule has 2 rings (SSSR count). The Labute approximate surface area is 117 Å². The molecule has 0 amide bonds. The van der Waals surface area contributed by atoms with Gasteiger partial charge >= 0.3 is 0 Å². The smallest absolute Gasteiger partial charge is 0.0648 e. The Morgan fingerprint density at radius 3 is 2.75 bits per heavy atom. The first-order valence-electron chi connectivity index (χ1n) is 4.79. The van der Waals surface area contributed by atoms with Crippen molar-refractivity contribution in [1.82, 2.24) is 0 Å². The quantitative estimate of drug-likeness (QED) is 0.632. The van der Waals surface area contributed by atoms with Gasteiger partial charge in [-0.1, -0.05) is 29.8 Å². The van der Waals surface area contributed by atoms with Gasteiger partial charge in [-0.05, 0) is 39.0 Å². The first-order chi connectivity index (χ1) is 7.68. The van der Waals surface area contributed by atoms with E-state index in [1.165, 1.54) is 4.88 Å². The average Bonchev–Trinajstić information content (AvgIpc) is 2.74. The summed E-state index contributed by atoms with van der Waals surface area (Å²) in [6, 6.07) is 9.96. The van der Waals surface area contributed by atoms with Crippen LogP contribution in [0.3, 0.4) is 0 Å². The van der Waals surface area contributed by atoms with Crippen LogP contribution < -0.4 is 0 Å². The van der Waals surface area contributed by atoms with Gasteiger partial charge in [-0.15, -0.1) is 22.9 Å². The standard InChI is InChI=1S/C12H9BrCl2S/c13-10-5-1-4-9(12(10)15)11(14)7-8-3-2-6-16-8/h1-6,11H,7H2. The molecule has 2 aromatic rings. The number of thiophene rings is 1. The number of alkyl halides is 1. The summed E-state index contributed by atoms with van der Waals surface area (Å²) < 4.78 is 0.892. The molecule has 1 aromatic heterocycles. The molecule has 1 aromatic carbocycles. The fourth-order valence-corrected chi connectivity index (χ4v) is 3.36. The first-order valence-corrected chi connectivity index (χ1v) is 7.27. The molecule has 0 aliphatic heterocycles. The van der Waals surface area contributed by atoms with E-state index in [9.17, 15) is 0 Å². The normalized spacial score (nSPS) is 12.7. The van der Waals surface area contributed by atoms with Gasteiger partial charge in [0.05, 0.1) is 10.4 Å². The van der Waals surface area contributed by atoms with Crippen LogP contribution in [0.5, 0.6) is 0 Å². The minimum absolute atomic E-state index is 0.0800. The maximum Gasteiger partial charge on any atom is 0.0648 e. The molecule has 16 heavy (non-hydrogen) atoms. The van der Waals surface area contributed by atoms with Crippen LogP contribution >= 0.6 is 50.5 Å². The molecule has 0 N–H and O–H groups in total. The van der Waals surface area contributed by atoms with E-state index in [0.717, 1.165) is 16.5 Å². The van der Waals surface area contributed by atoms with Crippen LogP contribution in [0.2, 0.25) is 5.02 Å². The Morgan fingerprint density at radius 2 is 2.06 bits per heavy atom. The van der Waals surface area contributed by atoms with Crippen molar-refractivity contribution >= 4 is 50.5 Å². The summed E-state index contributed by atoms with van der Waals surface area (Å²) in [5.41, 5.74) is 0.978. The van der Waals surface area contributed by atoms with Gasteiger partial charge < -0.3 is 0 Å². The summed E-state index contributed by atoms with van der Waals surface area (Å²) >= 11 is 17.7. The second-order valence-electron chi connectivity index (χ2n) is 3.39. The van der Waals surface area contributed by atoms with E-state index in [1.807, 2.05) is 24.3 Å². The third-order valence-electron chi connectivity index (χ3n) is 2.28. The molecule has 0 saturated carbocycles. The predicted octanol–water partition coefficient (Wildman–Crippen LogP) is 5.69. The summed E-state index contributed by atoms with van der Waals surface area (Å²) in [7, 11) is 0. The molecule has 1 unspecified atom stereocenters. The molecule has 0 aliphatic carbocycles. The second kappa shape index (κ2) is 5.54. The highest BCUT2D eigenvalue weighted by Gasteiger charge is 2.14. The Balaban J connectivity index is 2.21. The topological polar surface area (TPSA) is 0 Å². The highest BCUT2D eigenvalue weighted by atomic mass is 79.9. The Kier molecular flexibility index (Phi) is 4.31. The first kappa shape index (κ1) is 12.4. The molecule has 0 saturated heterocycles. The highest BCUT2D eigenvalue weighted by molar-refractivity contribution is 9.10. The van der Waals surface area contributed by atoms with Crippen molar-refractivity contribution in [2.24, 2.45) is 0 Å². The highest BCUT2D eigenvalue weighted by Crippen LogP contribution is 2.35. The lowest BCUT2D eigenvalue weighted by atomic mass is 10.1. The number of hydrogen-bond acceptors (Lipinski definition) is 1. The number of benzene rings is 1. The molecule has 1 atom stereocenters. The molecule has 0 bridgehead atoms. The van der Waals surface area contributed by atoms with Crippen LogP contribution in [0.4, 0.5) is 0 Å². The van der Waals surface area contributed by atoms with Gasteiger partial charge in [0.2, 0.25) is 0 Å². The number of rotatable bonds is 3. The number of halogens is 3.